The van der Waals surface area contributed by atoms with Gasteiger partial charge in [-0.15, -0.1) is 0 Å². The zero-order chi connectivity index (χ0) is 19.2. The minimum Gasteiger partial charge on any atom is -0.286 e. The van der Waals surface area contributed by atoms with Crippen molar-refractivity contribution in [2.75, 3.05) is 19.8 Å². The van der Waals surface area contributed by atoms with Crippen LogP contribution in [0.1, 0.15) is 18.4 Å². The SMILES string of the molecule is O=C1/C(=C\C=C\c2ccccc2)SC(=Nc2ccccc2)N1CN1CCCC1. The minimum atomic E-state index is 0.0318. The Labute approximate surface area is 170 Å². The molecule has 4 rings (SSSR count). The van der Waals surface area contributed by atoms with E-state index in [0.29, 0.717) is 11.6 Å². The number of amidine groups is 1. The van der Waals surface area contributed by atoms with Crippen LogP contribution in [0.25, 0.3) is 6.08 Å². The third-order valence-corrected chi connectivity index (χ3v) is 5.77. The Morgan fingerprint density at radius 2 is 1.64 bits per heavy atom. The maximum atomic E-state index is 13.0. The Morgan fingerprint density at radius 1 is 0.964 bits per heavy atom. The fourth-order valence-corrected chi connectivity index (χ4v) is 4.22. The van der Waals surface area contributed by atoms with E-state index < -0.39 is 0 Å². The summed E-state index contributed by atoms with van der Waals surface area (Å²) >= 11 is 1.45. The molecule has 142 valence electrons. The molecule has 0 aromatic heterocycles. The zero-order valence-electron chi connectivity index (χ0n) is 15.7. The molecule has 0 N–H and O–H groups in total. The number of hydrogen-bond donors (Lipinski definition) is 0. The molecule has 0 atom stereocenters. The summed E-state index contributed by atoms with van der Waals surface area (Å²) in [6.45, 7) is 2.69. The second kappa shape index (κ2) is 9.04. The third kappa shape index (κ3) is 4.61. The third-order valence-electron chi connectivity index (χ3n) is 4.74. The molecule has 2 aliphatic heterocycles. The summed E-state index contributed by atoms with van der Waals surface area (Å²) in [5.41, 5.74) is 1.98. The number of likely N-dealkylation sites (tertiary alicyclic amines) is 1. The molecule has 2 aromatic rings. The minimum absolute atomic E-state index is 0.0318. The van der Waals surface area contributed by atoms with Crippen molar-refractivity contribution in [3.8, 4) is 0 Å². The van der Waals surface area contributed by atoms with Gasteiger partial charge < -0.3 is 0 Å². The first-order chi connectivity index (χ1) is 13.8. The molecule has 2 fully saturated rings. The molecule has 28 heavy (non-hydrogen) atoms. The molecule has 2 saturated heterocycles. The molecule has 0 spiro atoms. The molecule has 0 radical (unpaired) electrons. The lowest BCUT2D eigenvalue weighted by Crippen LogP contribution is -2.39. The van der Waals surface area contributed by atoms with Gasteiger partial charge in [-0.25, -0.2) is 4.99 Å². The topological polar surface area (TPSA) is 35.9 Å². The number of amides is 1. The van der Waals surface area contributed by atoms with Crippen LogP contribution in [-0.4, -0.2) is 40.6 Å². The number of carbonyl (C=O) groups is 1. The van der Waals surface area contributed by atoms with Crippen molar-refractivity contribution < 1.29 is 4.79 Å². The largest absolute Gasteiger partial charge is 0.286 e. The van der Waals surface area contributed by atoms with Gasteiger partial charge in [0.2, 0.25) is 0 Å². The second-order valence-electron chi connectivity index (χ2n) is 6.83. The van der Waals surface area contributed by atoms with Gasteiger partial charge in [0.05, 0.1) is 17.3 Å². The van der Waals surface area contributed by atoms with Crippen molar-refractivity contribution in [2.24, 2.45) is 4.99 Å². The van der Waals surface area contributed by atoms with E-state index in [9.17, 15) is 4.79 Å². The van der Waals surface area contributed by atoms with Crippen LogP contribution < -0.4 is 0 Å². The van der Waals surface area contributed by atoms with Crippen LogP contribution in [0.2, 0.25) is 0 Å². The number of nitrogens with zero attached hydrogens (tertiary/aromatic N) is 3. The first-order valence-corrected chi connectivity index (χ1v) is 10.4. The maximum absolute atomic E-state index is 13.0. The Bertz CT molecular complexity index is 900. The van der Waals surface area contributed by atoms with Crippen LogP contribution in [0.15, 0.2) is 82.7 Å². The lowest BCUT2D eigenvalue weighted by Gasteiger charge is -2.22. The van der Waals surface area contributed by atoms with Crippen LogP contribution in [0, 0.1) is 0 Å². The second-order valence-corrected chi connectivity index (χ2v) is 7.84. The average molecular weight is 390 g/mol. The van der Waals surface area contributed by atoms with E-state index in [0.717, 1.165) is 29.5 Å². The van der Waals surface area contributed by atoms with Crippen molar-refractivity contribution >= 4 is 34.6 Å². The summed E-state index contributed by atoms with van der Waals surface area (Å²) < 4.78 is 0. The van der Waals surface area contributed by atoms with Crippen molar-refractivity contribution in [1.82, 2.24) is 9.80 Å². The van der Waals surface area contributed by atoms with Gasteiger partial charge >= 0.3 is 0 Å². The normalized spacial score (nSPS) is 20.9. The highest BCUT2D eigenvalue weighted by Crippen LogP contribution is 2.33. The standard InChI is InChI=1S/C23H23N3OS/c27-22-21(15-9-12-19-10-3-1-4-11-19)28-23(24-20-13-5-2-6-14-20)26(22)18-25-16-7-8-17-25/h1-6,9-15H,7-8,16-18H2/b12-9+,21-15+,24-23?. The Balaban J connectivity index is 1.57. The lowest BCUT2D eigenvalue weighted by atomic mass is 10.2. The van der Waals surface area contributed by atoms with E-state index in [1.165, 1.54) is 24.6 Å². The highest BCUT2D eigenvalue weighted by molar-refractivity contribution is 8.18. The van der Waals surface area contributed by atoms with Crippen LogP contribution in [0.4, 0.5) is 5.69 Å². The molecule has 1 amide bonds. The van der Waals surface area contributed by atoms with Crippen LogP contribution in [-0.2, 0) is 4.79 Å². The van der Waals surface area contributed by atoms with Crippen molar-refractivity contribution in [3.05, 3.63) is 83.3 Å². The van der Waals surface area contributed by atoms with Crippen molar-refractivity contribution in [3.63, 3.8) is 0 Å². The summed E-state index contributed by atoms with van der Waals surface area (Å²) in [6.07, 6.45) is 8.24. The van der Waals surface area contributed by atoms with Gasteiger partial charge in [-0.1, -0.05) is 60.7 Å². The summed E-state index contributed by atoms with van der Waals surface area (Å²) in [7, 11) is 0. The number of aliphatic imine (C=N–C) groups is 1. The van der Waals surface area contributed by atoms with E-state index in [1.54, 1.807) is 0 Å². The molecule has 2 heterocycles. The smallest absolute Gasteiger partial charge is 0.267 e. The predicted octanol–water partition coefficient (Wildman–Crippen LogP) is 4.90. The highest BCUT2D eigenvalue weighted by atomic mass is 32.2. The van der Waals surface area contributed by atoms with Crippen LogP contribution in [0.5, 0.6) is 0 Å². The number of allylic oxidation sites excluding steroid dienone is 2. The summed E-state index contributed by atoms with van der Waals surface area (Å²) in [6, 6.07) is 19.9. The Kier molecular flexibility index (Phi) is 6.04. The average Bonchev–Trinajstić information content (AvgIpc) is 3.34. The van der Waals surface area contributed by atoms with Crippen molar-refractivity contribution in [1.29, 1.82) is 0 Å². The summed E-state index contributed by atoms with van der Waals surface area (Å²) in [5.74, 6) is 0.0318. The van der Waals surface area contributed by atoms with Gasteiger partial charge in [-0.2, -0.15) is 0 Å². The molecular formula is C23H23N3OS. The number of thioether (sulfide) groups is 1. The molecular weight excluding hydrogens is 366 g/mol. The monoisotopic (exact) mass is 389 g/mol. The van der Waals surface area contributed by atoms with Gasteiger partial charge in [0.15, 0.2) is 5.17 Å². The lowest BCUT2D eigenvalue weighted by molar-refractivity contribution is -0.123. The number of rotatable bonds is 5. The van der Waals surface area contributed by atoms with E-state index >= 15 is 0 Å². The van der Waals surface area contributed by atoms with Gasteiger partial charge in [0.25, 0.3) is 5.91 Å². The van der Waals surface area contributed by atoms with Crippen LogP contribution >= 0.6 is 11.8 Å². The summed E-state index contributed by atoms with van der Waals surface area (Å²) in [5, 5.41) is 0.752. The fourth-order valence-electron chi connectivity index (χ4n) is 3.28. The van der Waals surface area contributed by atoms with Crippen molar-refractivity contribution in [2.45, 2.75) is 12.8 Å². The molecule has 0 aliphatic carbocycles. The van der Waals surface area contributed by atoms with Gasteiger partial charge in [0, 0.05) is 0 Å². The zero-order valence-corrected chi connectivity index (χ0v) is 16.5. The fraction of sp³-hybridized carbons (Fsp3) is 0.217. The molecule has 5 heteroatoms. The number of carbonyl (C=O) groups excluding carboxylic acids is 1. The Morgan fingerprint density at radius 3 is 2.36 bits per heavy atom. The van der Waals surface area contributed by atoms with Gasteiger partial charge in [0.1, 0.15) is 0 Å². The van der Waals surface area contributed by atoms with Crippen LogP contribution in [0.3, 0.4) is 0 Å². The maximum Gasteiger partial charge on any atom is 0.267 e. The predicted molar refractivity (Wildman–Crippen MR) is 117 cm³/mol. The number of hydrogen-bond acceptors (Lipinski definition) is 4. The van der Waals surface area contributed by atoms with Gasteiger partial charge in [-0.3, -0.25) is 14.6 Å². The first kappa shape index (κ1) is 18.7. The molecule has 2 aromatic carbocycles. The molecule has 2 aliphatic rings. The van der Waals surface area contributed by atoms with E-state index in [-0.39, 0.29) is 5.91 Å². The van der Waals surface area contributed by atoms with E-state index in [1.807, 2.05) is 83.8 Å². The Hall–Kier alpha value is -2.63. The summed E-state index contributed by atoms with van der Waals surface area (Å²) in [4.78, 5) is 22.6. The van der Waals surface area contributed by atoms with E-state index in [4.69, 9.17) is 4.99 Å². The molecule has 0 unspecified atom stereocenters. The molecule has 0 bridgehead atoms. The molecule has 0 saturated carbocycles. The number of benzene rings is 2. The van der Waals surface area contributed by atoms with E-state index in [2.05, 4.69) is 4.90 Å². The number of para-hydroxylation sites is 1. The van der Waals surface area contributed by atoms with Gasteiger partial charge in [-0.05, 0) is 61.5 Å². The molecule has 4 nitrogen and oxygen atoms in total. The quantitative estimate of drug-likeness (QED) is 0.683. The highest BCUT2D eigenvalue weighted by Gasteiger charge is 2.34. The first-order valence-electron chi connectivity index (χ1n) is 9.59.